The predicted molar refractivity (Wildman–Crippen MR) is 80.8 cm³/mol. The molecule has 118 valence electrons. The number of nitrogens with zero attached hydrogens (tertiary/aromatic N) is 3. The highest BCUT2D eigenvalue weighted by Crippen LogP contribution is 2.23. The van der Waals surface area contributed by atoms with Gasteiger partial charge in [-0.2, -0.15) is 5.26 Å². The zero-order valence-electron chi connectivity index (χ0n) is 12.8. The number of aromatic nitrogens is 1. The molecule has 0 bridgehead atoms. The van der Waals surface area contributed by atoms with Gasteiger partial charge < -0.3 is 14.4 Å². The van der Waals surface area contributed by atoms with E-state index in [1.54, 1.807) is 4.90 Å². The molecule has 1 amide bonds. The second-order valence-electron chi connectivity index (χ2n) is 6.05. The van der Waals surface area contributed by atoms with Gasteiger partial charge in [0.1, 0.15) is 29.2 Å². The summed E-state index contributed by atoms with van der Waals surface area (Å²) in [5, 5.41) is 9.05. The van der Waals surface area contributed by atoms with E-state index < -0.39 is 5.60 Å². The molecule has 1 aliphatic rings. The van der Waals surface area contributed by atoms with Crippen molar-refractivity contribution in [1.29, 1.82) is 5.26 Å². The van der Waals surface area contributed by atoms with E-state index >= 15 is 0 Å². The van der Waals surface area contributed by atoms with Crippen molar-refractivity contribution in [1.82, 2.24) is 9.88 Å². The van der Waals surface area contributed by atoms with Gasteiger partial charge in [0.15, 0.2) is 0 Å². The van der Waals surface area contributed by atoms with E-state index in [1.165, 1.54) is 12.3 Å². The lowest BCUT2D eigenvalue weighted by Crippen LogP contribution is -2.55. The minimum atomic E-state index is -0.514. The second-order valence-corrected chi connectivity index (χ2v) is 6.41. The molecule has 1 saturated heterocycles. The molecule has 0 aromatic carbocycles. The first-order valence-corrected chi connectivity index (χ1v) is 7.36. The number of halogens is 1. The van der Waals surface area contributed by atoms with E-state index in [4.69, 9.17) is 26.3 Å². The smallest absolute Gasteiger partial charge is 0.410 e. The number of carbonyl (C=O) groups is 1. The summed E-state index contributed by atoms with van der Waals surface area (Å²) in [5.41, 5.74) is -0.253. The van der Waals surface area contributed by atoms with E-state index in [0.29, 0.717) is 18.9 Å². The lowest BCUT2D eigenvalue weighted by molar-refractivity contribution is -0.0141. The van der Waals surface area contributed by atoms with Crippen LogP contribution in [0.25, 0.3) is 0 Å². The Balaban J connectivity index is 1.90. The van der Waals surface area contributed by atoms with Crippen molar-refractivity contribution in [2.45, 2.75) is 38.8 Å². The molecule has 7 heteroatoms. The van der Waals surface area contributed by atoms with Crippen molar-refractivity contribution in [3.05, 3.63) is 23.0 Å². The predicted octanol–water partition coefficient (Wildman–Crippen LogP) is 2.99. The number of amides is 1. The lowest BCUT2D eigenvalue weighted by Gasteiger charge is -2.40. The highest BCUT2D eigenvalue weighted by atomic mass is 35.5. The van der Waals surface area contributed by atoms with Crippen LogP contribution in [0, 0.1) is 11.3 Å². The summed E-state index contributed by atoms with van der Waals surface area (Å²) in [4.78, 5) is 17.5. The van der Waals surface area contributed by atoms with Gasteiger partial charge in [0, 0.05) is 12.6 Å². The van der Waals surface area contributed by atoms with Crippen molar-refractivity contribution in [3.8, 4) is 11.8 Å². The third-order valence-electron chi connectivity index (χ3n) is 3.15. The summed E-state index contributed by atoms with van der Waals surface area (Å²) in [6, 6.07) is 3.45. The topological polar surface area (TPSA) is 75.4 Å². The van der Waals surface area contributed by atoms with Crippen LogP contribution in [0.5, 0.6) is 5.75 Å². The Morgan fingerprint density at radius 1 is 1.59 bits per heavy atom. The van der Waals surface area contributed by atoms with Crippen molar-refractivity contribution < 1.29 is 14.3 Å². The number of hydrogen-bond acceptors (Lipinski definition) is 5. The van der Waals surface area contributed by atoms with Gasteiger partial charge in [-0.15, -0.1) is 0 Å². The zero-order valence-corrected chi connectivity index (χ0v) is 13.6. The van der Waals surface area contributed by atoms with Crippen LogP contribution in [0.2, 0.25) is 5.15 Å². The standard InChI is InChI=1S/C15H18ClN3O3/c1-15(2,3)22-14(20)19-5-4-11(19)9-21-12-6-10(7-17)13(16)18-8-12/h6,8,11H,4-5,9H2,1-3H3/t11-/m0/s1. The van der Waals surface area contributed by atoms with Gasteiger partial charge in [-0.05, 0) is 27.2 Å². The van der Waals surface area contributed by atoms with E-state index in [2.05, 4.69) is 4.98 Å². The highest BCUT2D eigenvalue weighted by Gasteiger charge is 2.35. The number of pyridine rings is 1. The van der Waals surface area contributed by atoms with E-state index in [1.807, 2.05) is 26.8 Å². The SMILES string of the molecule is CC(C)(C)OC(=O)N1CC[C@H]1COc1cnc(Cl)c(C#N)c1. The Labute approximate surface area is 134 Å². The molecule has 22 heavy (non-hydrogen) atoms. The molecular weight excluding hydrogens is 306 g/mol. The van der Waals surface area contributed by atoms with Crippen LogP contribution in [-0.4, -0.2) is 40.8 Å². The molecule has 1 aromatic heterocycles. The summed E-state index contributed by atoms with van der Waals surface area (Å²) in [6.07, 6.45) is 1.98. The Bertz CT molecular complexity index is 607. The van der Waals surface area contributed by atoms with Gasteiger partial charge in [-0.1, -0.05) is 11.6 Å². The summed E-state index contributed by atoms with van der Waals surface area (Å²) in [6.45, 7) is 6.48. The second kappa shape index (κ2) is 6.41. The minimum Gasteiger partial charge on any atom is -0.490 e. The Hall–Kier alpha value is -2.00. The molecule has 0 radical (unpaired) electrons. The monoisotopic (exact) mass is 323 g/mol. The molecule has 0 saturated carbocycles. The van der Waals surface area contributed by atoms with Crippen LogP contribution in [0.15, 0.2) is 12.3 Å². The van der Waals surface area contributed by atoms with Crippen LogP contribution in [0.4, 0.5) is 4.79 Å². The average molecular weight is 324 g/mol. The van der Waals surface area contributed by atoms with Gasteiger partial charge in [0.05, 0.1) is 17.8 Å². The quantitative estimate of drug-likeness (QED) is 0.799. The first kappa shape index (κ1) is 16.4. The van der Waals surface area contributed by atoms with Gasteiger partial charge in [0.2, 0.25) is 0 Å². The Morgan fingerprint density at radius 3 is 2.86 bits per heavy atom. The largest absolute Gasteiger partial charge is 0.490 e. The average Bonchev–Trinajstić information content (AvgIpc) is 2.37. The maximum atomic E-state index is 12.0. The van der Waals surface area contributed by atoms with Gasteiger partial charge in [-0.3, -0.25) is 0 Å². The third kappa shape index (κ3) is 4.01. The van der Waals surface area contributed by atoms with Gasteiger partial charge in [0.25, 0.3) is 0 Å². The van der Waals surface area contributed by atoms with Crippen molar-refractivity contribution in [2.75, 3.05) is 13.2 Å². The van der Waals surface area contributed by atoms with Crippen LogP contribution in [0.1, 0.15) is 32.8 Å². The van der Waals surface area contributed by atoms with E-state index in [9.17, 15) is 4.79 Å². The Kier molecular flexibility index (Phi) is 4.77. The fourth-order valence-electron chi connectivity index (χ4n) is 1.95. The van der Waals surface area contributed by atoms with Crippen LogP contribution < -0.4 is 4.74 Å². The molecule has 1 aliphatic heterocycles. The molecule has 1 fully saturated rings. The van der Waals surface area contributed by atoms with Crippen molar-refractivity contribution in [2.24, 2.45) is 0 Å². The Morgan fingerprint density at radius 2 is 2.32 bits per heavy atom. The summed E-state index contributed by atoms with van der Waals surface area (Å²) in [5.74, 6) is 0.456. The first-order chi connectivity index (χ1) is 10.3. The molecule has 0 aliphatic carbocycles. The molecule has 2 heterocycles. The number of likely N-dealkylation sites (tertiary alicyclic amines) is 1. The van der Waals surface area contributed by atoms with Gasteiger partial charge >= 0.3 is 6.09 Å². The van der Waals surface area contributed by atoms with Gasteiger partial charge in [-0.25, -0.2) is 9.78 Å². The highest BCUT2D eigenvalue weighted by molar-refractivity contribution is 6.30. The number of rotatable bonds is 3. The molecule has 0 unspecified atom stereocenters. The first-order valence-electron chi connectivity index (χ1n) is 6.98. The third-order valence-corrected chi connectivity index (χ3v) is 3.45. The maximum Gasteiger partial charge on any atom is 0.410 e. The lowest BCUT2D eigenvalue weighted by atomic mass is 10.1. The maximum absolute atomic E-state index is 12.0. The summed E-state index contributed by atoms with van der Waals surface area (Å²) >= 11 is 5.77. The van der Waals surface area contributed by atoms with Crippen molar-refractivity contribution in [3.63, 3.8) is 0 Å². The number of hydrogen-bond donors (Lipinski definition) is 0. The number of carbonyl (C=O) groups excluding carboxylic acids is 1. The van der Waals surface area contributed by atoms with Crippen LogP contribution in [-0.2, 0) is 4.74 Å². The fourth-order valence-corrected chi connectivity index (χ4v) is 2.10. The normalized spacial score (nSPS) is 17.4. The molecule has 0 N–H and O–H groups in total. The van der Waals surface area contributed by atoms with Crippen molar-refractivity contribution >= 4 is 17.7 Å². The number of ether oxygens (including phenoxy) is 2. The molecule has 6 nitrogen and oxygen atoms in total. The van der Waals surface area contributed by atoms with E-state index in [-0.39, 0.29) is 22.9 Å². The molecule has 1 atom stereocenters. The van der Waals surface area contributed by atoms with Crippen LogP contribution >= 0.6 is 11.6 Å². The zero-order chi connectivity index (χ0) is 16.3. The molecule has 0 spiro atoms. The van der Waals surface area contributed by atoms with E-state index in [0.717, 1.165) is 6.42 Å². The number of nitriles is 1. The van der Waals surface area contributed by atoms with Crippen LogP contribution in [0.3, 0.4) is 0 Å². The summed E-state index contributed by atoms with van der Waals surface area (Å²) in [7, 11) is 0. The molecule has 2 rings (SSSR count). The fraction of sp³-hybridized carbons (Fsp3) is 0.533. The summed E-state index contributed by atoms with van der Waals surface area (Å²) < 4.78 is 10.9. The minimum absolute atomic E-state index is 0.0314. The molecule has 1 aromatic rings. The molecular formula is C15H18ClN3O3.